The first-order chi connectivity index (χ1) is 8.79. The Bertz CT molecular complexity index is 351. The molecule has 0 spiro atoms. The van der Waals surface area contributed by atoms with Crippen molar-refractivity contribution in [2.24, 2.45) is 11.5 Å². The molecule has 7 heteroatoms. The summed E-state index contributed by atoms with van der Waals surface area (Å²) in [6.45, 7) is 1.18. The number of tetrazole rings is 1. The Labute approximate surface area is 107 Å². The van der Waals surface area contributed by atoms with Crippen molar-refractivity contribution >= 4 is 5.91 Å². The fraction of sp³-hybridized carbons (Fsp3) is 0.818. The van der Waals surface area contributed by atoms with Gasteiger partial charge in [-0.05, 0) is 36.4 Å². The van der Waals surface area contributed by atoms with Crippen molar-refractivity contribution in [3.05, 3.63) is 5.82 Å². The van der Waals surface area contributed by atoms with Crippen LogP contribution in [0, 0.1) is 0 Å². The molecule has 0 unspecified atom stereocenters. The fourth-order valence-corrected chi connectivity index (χ4v) is 1.74. The molecule has 0 aliphatic heterocycles. The van der Waals surface area contributed by atoms with Gasteiger partial charge in [-0.3, -0.25) is 4.79 Å². The first-order valence-electron chi connectivity index (χ1n) is 6.50. The first kappa shape index (κ1) is 14.7. The molecular formula is C11H22N6O. The number of nitrogens with two attached hydrogens (primary N) is 2. The second-order valence-corrected chi connectivity index (χ2v) is 4.25. The number of hydrogen-bond acceptors (Lipinski definition) is 6. The minimum Gasteiger partial charge on any atom is -0.330 e. The van der Waals surface area contributed by atoms with Crippen molar-refractivity contribution in [3.63, 3.8) is 0 Å². The number of nitrogens with zero attached hydrogens (tertiary/aromatic N) is 4. The highest BCUT2D eigenvalue weighted by Crippen LogP contribution is 2.06. The number of carbonyl (C=O) groups excluding carboxylic acids is 1. The number of rotatable bonds is 9. The normalized spacial score (nSPS) is 10.8. The molecule has 0 saturated heterocycles. The topological polar surface area (TPSA) is 113 Å². The monoisotopic (exact) mass is 254 g/mol. The highest BCUT2D eigenvalue weighted by atomic mass is 16.2. The molecule has 0 atom stereocenters. The summed E-state index contributed by atoms with van der Waals surface area (Å²) in [7, 11) is 0. The van der Waals surface area contributed by atoms with E-state index >= 15 is 0 Å². The lowest BCUT2D eigenvalue weighted by molar-refractivity contribution is 0.0877. The maximum absolute atomic E-state index is 11.8. The zero-order valence-electron chi connectivity index (χ0n) is 10.7. The summed E-state index contributed by atoms with van der Waals surface area (Å²) >= 11 is 0. The molecule has 1 aromatic rings. The van der Waals surface area contributed by atoms with E-state index in [0.717, 1.165) is 38.6 Å². The Morgan fingerprint density at radius 3 is 2.50 bits per heavy atom. The minimum atomic E-state index is -0.0534. The molecule has 0 bridgehead atoms. The predicted octanol–water partition coefficient (Wildman–Crippen LogP) is 0.114. The quantitative estimate of drug-likeness (QED) is 0.478. The largest absolute Gasteiger partial charge is 0.330 e. The minimum absolute atomic E-state index is 0.0534. The van der Waals surface area contributed by atoms with Gasteiger partial charge < -0.3 is 11.5 Å². The van der Waals surface area contributed by atoms with Crippen molar-refractivity contribution in [2.75, 3.05) is 13.1 Å². The highest BCUT2D eigenvalue weighted by molar-refractivity contribution is 5.78. The molecular weight excluding hydrogens is 232 g/mol. The van der Waals surface area contributed by atoms with E-state index in [-0.39, 0.29) is 5.91 Å². The SMILES string of the molecule is NCCCCCCCC(=O)n1nnnc1CCN. The number of carbonyl (C=O) groups is 1. The maximum Gasteiger partial charge on any atom is 0.250 e. The summed E-state index contributed by atoms with van der Waals surface area (Å²) in [6.07, 6.45) is 6.22. The Morgan fingerprint density at radius 2 is 1.78 bits per heavy atom. The van der Waals surface area contributed by atoms with E-state index in [9.17, 15) is 4.79 Å². The van der Waals surface area contributed by atoms with Crippen LogP contribution in [-0.4, -0.2) is 39.2 Å². The molecule has 4 N–H and O–H groups in total. The number of aromatic nitrogens is 4. The van der Waals surface area contributed by atoms with E-state index in [1.807, 2.05) is 0 Å². The molecule has 0 saturated carbocycles. The average Bonchev–Trinajstić information content (AvgIpc) is 2.82. The van der Waals surface area contributed by atoms with Gasteiger partial charge in [0.1, 0.15) is 0 Å². The summed E-state index contributed by atoms with van der Waals surface area (Å²) in [6, 6.07) is 0. The summed E-state index contributed by atoms with van der Waals surface area (Å²) in [5.74, 6) is 0.493. The fourth-order valence-electron chi connectivity index (χ4n) is 1.74. The van der Waals surface area contributed by atoms with Gasteiger partial charge in [-0.1, -0.05) is 19.3 Å². The van der Waals surface area contributed by atoms with Crippen LogP contribution in [-0.2, 0) is 6.42 Å². The summed E-state index contributed by atoms with van der Waals surface area (Å²) in [5, 5.41) is 11.0. The van der Waals surface area contributed by atoms with Gasteiger partial charge in [-0.2, -0.15) is 4.68 Å². The lowest BCUT2D eigenvalue weighted by Crippen LogP contribution is -2.18. The van der Waals surface area contributed by atoms with Crippen LogP contribution in [0.4, 0.5) is 0 Å². The smallest absolute Gasteiger partial charge is 0.250 e. The molecule has 1 rings (SSSR count). The third-order valence-electron chi connectivity index (χ3n) is 2.73. The number of unbranched alkanes of at least 4 members (excludes halogenated alkanes) is 4. The third kappa shape index (κ3) is 4.89. The molecule has 0 radical (unpaired) electrons. The van der Waals surface area contributed by atoms with Crippen LogP contribution < -0.4 is 11.5 Å². The first-order valence-corrected chi connectivity index (χ1v) is 6.50. The van der Waals surface area contributed by atoms with Crippen LogP contribution in [0.1, 0.15) is 49.1 Å². The van der Waals surface area contributed by atoms with Gasteiger partial charge in [-0.15, -0.1) is 5.10 Å². The van der Waals surface area contributed by atoms with E-state index in [4.69, 9.17) is 11.5 Å². The van der Waals surface area contributed by atoms with E-state index in [0.29, 0.717) is 25.2 Å². The van der Waals surface area contributed by atoms with E-state index in [1.165, 1.54) is 4.68 Å². The lowest BCUT2D eigenvalue weighted by atomic mass is 10.1. The van der Waals surface area contributed by atoms with Crippen LogP contribution in [0.3, 0.4) is 0 Å². The van der Waals surface area contributed by atoms with Crippen molar-refractivity contribution < 1.29 is 4.79 Å². The zero-order valence-corrected chi connectivity index (χ0v) is 10.7. The van der Waals surface area contributed by atoms with Crippen molar-refractivity contribution in [1.82, 2.24) is 20.2 Å². The Balaban J connectivity index is 2.25. The van der Waals surface area contributed by atoms with Crippen LogP contribution in [0.15, 0.2) is 0 Å². The highest BCUT2D eigenvalue weighted by Gasteiger charge is 2.12. The zero-order chi connectivity index (χ0) is 13.2. The summed E-state index contributed by atoms with van der Waals surface area (Å²) < 4.78 is 1.27. The van der Waals surface area contributed by atoms with Crippen molar-refractivity contribution in [3.8, 4) is 0 Å². The van der Waals surface area contributed by atoms with Gasteiger partial charge in [0, 0.05) is 12.8 Å². The standard InChI is InChI=1S/C11H22N6O/c12-8-5-3-1-2-4-6-11(18)17-10(7-9-13)14-15-16-17/h1-9,12-13H2. The van der Waals surface area contributed by atoms with Crippen LogP contribution in [0.5, 0.6) is 0 Å². The second kappa shape index (κ2) is 8.71. The molecule has 0 aliphatic carbocycles. The molecule has 0 aliphatic rings. The molecule has 102 valence electrons. The lowest BCUT2D eigenvalue weighted by Gasteiger charge is -2.02. The Morgan fingerprint density at radius 1 is 1.06 bits per heavy atom. The molecule has 0 amide bonds. The summed E-state index contributed by atoms with van der Waals surface area (Å²) in [4.78, 5) is 11.8. The van der Waals surface area contributed by atoms with Crippen molar-refractivity contribution in [1.29, 1.82) is 0 Å². The second-order valence-electron chi connectivity index (χ2n) is 4.25. The molecule has 18 heavy (non-hydrogen) atoms. The van der Waals surface area contributed by atoms with E-state index in [1.54, 1.807) is 0 Å². The molecule has 7 nitrogen and oxygen atoms in total. The maximum atomic E-state index is 11.8. The molecule has 1 aromatic heterocycles. The Hall–Kier alpha value is -1.34. The molecule has 0 fully saturated rings. The average molecular weight is 254 g/mol. The van der Waals surface area contributed by atoms with Gasteiger partial charge in [-0.25, -0.2) is 0 Å². The van der Waals surface area contributed by atoms with Gasteiger partial charge in [0.05, 0.1) is 0 Å². The van der Waals surface area contributed by atoms with Gasteiger partial charge in [0.25, 0.3) is 0 Å². The van der Waals surface area contributed by atoms with Gasteiger partial charge >= 0.3 is 0 Å². The van der Waals surface area contributed by atoms with Crippen LogP contribution in [0.2, 0.25) is 0 Å². The van der Waals surface area contributed by atoms with E-state index in [2.05, 4.69) is 15.5 Å². The van der Waals surface area contributed by atoms with Gasteiger partial charge in [0.2, 0.25) is 5.91 Å². The Kier molecular flexibility index (Phi) is 7.12. The molecule has 0 aromatic carbocycles. The van der Waals surface area contributed by atoms with Crippen LogP contribution in [0.25, 0.3) is 0 Å². The van der Waals surface area contributed by atoms with Crippen LogP contribution >= 0.6 is 0 Å². The number of hydrogen-bond donors (Lipinski definition) is 2. The third-order valence-corrected chi connectivity index (χ3v) is 2.73. The van der Waals surface area contributed by atoms with Crippen molar-refractivity contribution in [2.45, 2.75) is 44.9 Å². The van der Waals surface area contributed by atoms with Gasteiger partial charge in [0.15, 0.2) is 5.82 Å². The molecule has 1 heterocycles. The summed E-state index contributed by atoms with van der Waals surface area (Å²) in [5.41, 5.74) is 10.8. The van der Waals surface area contributed by atoms with E-state index < -0.39 is 0 Å². The predicted molar refractivity (Wildman–Crippen MR) is 68.0 cm³/mol.